The van der Waals surface area contributed by atoms with Gasteiger partial charge >= 0.3 is 0 Å². The second-order valence-electron chi connectivity index (χ2n) is 2.33. The Balaban J connectivity index is 2.45. The van der Waals surface area contributed by atoms with Crippen molar-refractivity contribution in [3.05, 3.63) is 12.4 Å². The Morgan fingerprint density at radius 3 is 2.67 bits per heavy atom. The molecule has 1 heterocycles. The molecule has 0 radical (unpaired) electrons. The highest BCUT2D eigenvalue weighted by Crippen LogP contribution is 2.04. The average Bonchev–Trinajstić information content (AvgIpc) is 2.13. The lowest BCUT2D eigenvalue weighted by Crippen LogP contribution is -2.41. The first-order chi connectivity index (χ1) is 4.22. The summed E-state index contributed by atoms with van der Waals surface area (Å²) in [6, 6.07) is 0. The number of hydrogen-bond acceptors (Lipinski definition) is 3. The topological polar surface area (TPSA) is 35.5 Å². The van der Waals surface area contributed by atoms with Crippen LogP contribution in [0.4, 0.5) is 0 Å². The fraction of sp³-hybridized carbons (Fsp3) is 0.667. The Labute approximate surface area is 55.0 Å². The summed E-state index contributed by atoms with van der Waals surface area (Å²) >= 11 is 0. The largest absolute Gasteiger partial charge is 0.389 e. The summed E-state index contributed by atoms with van der Waals surface area (Å²) in [5, 5.41) is 12.1. The lowest BCUT2D eigenvalue weighted by atomic mass is 10.3. The zero-order valence-electron chi connectivity index (χ0n) is 5.70. The first kappa shape index (κ1) is 6.42. The smallest absolute Gasteiger partial charge is 0.124 e. The predicted octanol–water partition coefficient (Wildman–Crippen LogP) is -0.301. The van der Waals surface area contributed by atoms with Gasteiger partial charge in [-0.1, -0.05) is 0 Å². The van der Waals surface area contributed by atoms with Crippen molar-refractivity contribution in [2.45, 2.75) is 19.2 Å². The van der Waals surface area contributed by atoms with Crippen molar-refractivity contribution >= 4 is 0 Å². The van der Waals surface area contributed by atoms with Crippen LogP contribution in [0.1, 0.15) is 6.92 Å². The Morgan fingerprint density at radius 1 is 1.78 bits per heavy atom. The van der Waals surface area contributed by atoms with Crippen molar-refractivity contribution in [2.24, 2.45) is 0 Å². The van der Waals surface area contributed by atoms with Gasteiger partial charge in [0.2, 0.25) is 0 Å². The maximum absolute atomic E-state index is 9.08. The van der Waals surface area contributed by atoms with Crippen LogP contribution in [-0.4, -0.2) is 29.3 Å². The van der Waals surface area contributed by atoms with Gasteiger partial charge < -0.3 is 15.3 Å². The SMILES string of the molecule is CC(O)C1NC=CN1C. The number of aliphatic hydroxyl groups excluding tert-OH is 1. The van der Waals surface area contributed by atoms with E-state index in [0.717, 1.165) is 0 Å². The first-order valence-electron chi connectivity index (χ1n) is 3.04. The van der Waals surface area contributed by atoms with Crippen LogP contribution in [0.2, 0.25) is 0 Å². The lowest BCUT2D eigenvalue weighted by Gasteiger charge is -2.23. The van der Waals surface area contributed by atoms with Gasteiger partial charge in [0.05, 0.1) is 6.10 Å². The normalized spacial score (nSPS) is 28.3. The average molecular weight is 128 g/mol. The maximum Gasteiger partial charge on any atom is 0.124 e. The van der Waals surface area contributed by atoms with Crippen LogP contribution in [0.5, 0.6) is 0 Å². The maximum atomic E-state index is 9.08. The van der Waals surface area contributed by atoms with Crippen molar-refractivity contribution in [2.75, 3.05) is 7.05 Å². The van der Waals surface area contributed by atoms with Gasteiger partial charge in [-0.25, -0.2) is 0 Å². The highest BCUT2D eigenvalue weighted by Gasteiger charge is 2.18. The molecule has 0 amide bonds. The molecule has 1 aliphatic rings. The second kappa shape index (κ2) is 2.27. The van der Waals surface area contributed by atoms with Gasteiger partial charge in [0.1, 0.15) is 6.17 Å². The van der Waals surface area contributed by atoms with Crippen LogP contribution in [-0.2, 0) is 0 Å². The number of rotatable bonds is 1. The Morgan fingerprint density at radius 2 is 2.44 bits per heavy atom. The number of nitrogens with one attached hydrogen (secondary N) is 1. The molecular weight excluding hydrogens is 116 g/mol. The summed E-state index contributed by atoms with van der Waals surface area (Å²) in [4.78, 5) is 1.94. The lowest BCUT2D eigenvalue weighted by molar-refractivity contribution is 0.0984. The van der Waals surface area contributed by atoms with Gasteiger partial charge in [-0.2, -0.15) is 0 Å². The summed E-state index contributed by atoms with van der Waals surface area (Å²) in [6.07, 6.45) is 3.46. The second-order valence-corrected chi connectivity index (χ2v) is 2.33. The van der Waals surface area contributed by atoms with Crippen LogP contribution in [0.3, 0.4) is 0 Å². The minimum Gasteiger partial charge on any atom is -0.389 e. The monoisotopic (exact) mass is 128 g/mol. The highest BCUT2D eigenvalue weighted by atomic mass is 16.3. The summed E-state index contributed by atoms with van der Waals surface area (Å²) in [7, 11) is 1.92. The molecule has 0 saturated carbocycles. The molecule has 3 heteroatoms. The molecule has 0 aromatic carbocycles. The first-order valence-corrected chi connectivity index (χ1v) is 3.04. The number of aliphatic hydroxyl groups is 1. The van der Waals surface area contributed by atoms with E-state index in [1.807, 2.05) is 24.3 Å². The third-order valence-corrected chi connectivity index (χ3v) is 1.47. The molecule has 2 unspecified atom stereocenters. The zero-order valence-corrected chi connectivity index (χ0v) is 5.70. The van der Waals surface area contributed by atoms with Gasteiger partial charge in [0.25, 0.3) is 0 Å². The fourth-order valence-corrected chi connectivity index (χ4v) is 0.949. The van der Waals surface area contributed by atoms with Crippen molar-refractivity contribution in [3.8, 4) is 0 Å². The molecule has 2 N–H and O–H groups in total. The molecule has 0 fully saturated rings. The van der Waals surface area contributed by atoms with Crippen LogP contribution in [0, 0.1) is 0 Å². The molecule has 0 saturated heterocycles. The standard InChI is InChI=1S/C6H12N2O/c1-5(9)6-7-3-4-8(6)2/h3-7,9H,1-2H3. The summed E-state index contributed by atoms with van der Waals surface area (Å²) in [5.74, 6) is 0. The van der Waals surface area contributed by atoms with Gasteiger partial charge in [0.15, 0.2) is 0 Å². The number of nitrogens with zero attached hydrogens (tertiary/aromatic N) is 1. The van der Waals surface area contributed by atoms with E-state index < -0.39 is 0 Å². The zero-order chi connectivity index (χ0) is 6.85. The van der Waals surface area contributed by atoms with Crippen LogP contribution >= 0.6 is 0 Å². The minimum absolute atomic E-state index is 0.0602. The van der Waals surface area contributed by atoms with Crippen LogP contribution in [0.25, 0.3) is 0 Å². The van der Waals surface area contributed by atoms with Gasteiger partial charge in [-0.3, -0.25) is 0 Å². The molecular formula is C6H12N2O. The highest BCUT2D eigenvalue weighted by molar-refractivity contribution is 4.94. The molecule has 3 nitrogen and oxygen atoms in total. The van der Waals surface area contributed by atoms with Gasteiger partial charge in [-0.05, 0) is 6.92 Å². The van der Waals surface area contributed by atoms with E-state index in [0.29, 0.717) is 0 Å². The van der Waals surface area contributed by atoms with Crippen molar-refractivity contribution in [1.29, 1.82) is 0 Å². The van der Waals surface area contributed by atoms with Crippen LogP contribution in [0.15, 0.2) is 12.4 Å². The molecule has 0 spiro atoms. The molecule has 0 aliphatic carbocycles. The van der Waals surface area contributed by atoms with Gasteiger partial charge in [-0.15, -0.1) is 0 Å². The third-order valence-electron chi connectivity index (χ3n) is 1.47. The third kappa shape index (κ3) is 1.16. The molecule has 0 bridgehead atoms. The summed E-state index contributed by atoms with van der Waals surface area (Å²) in [6.45, 7) is 1.77. The fourth-order valence-electron chi connectivity index (χ4n) is 0.949. The summed E-state index contributed by atoms with van der Waals surface area (Å²) in [5.41, 5.74) is 0. The number of likely N-dealkylation sites (N-methyl/N-ethyl adjacent to an activating group) is 1. The predicted molar refractivity (Wildman–Crippen MR) is 35.5 cm³/mol. The Bertz CT molecular complexity index is 122. The molecule has 1 aliphatic heterocycles. The van der Waals surface area contributed by atoms with E-state index >= 15 is 0 Å². The van der Waals surface area contributed by atoms with E-state index in [-0.39, 0.29) is 12.3 Å². The van der Waals surface area contributed by atoms with E-state index in [4.69, 9.17) is 5.11 Å². The van der Waals surface area contributed by atoms with E-state index in [1.165, 1.54) is 0 Å². The Kier molecular flexibility index (Phi) is 1.62. The molecule has 0 aromatic rings. The van der Waals surface area contributed by atoms with Crippen molar-refractivity contribution in [3.63, 3.8) is 0 Å². The van der Waals surface area contributed by atoms with E-state index in [9.17, 15) is 0 Å². The molecule has 2 atom stereocenters. The molecule has 1 rings (SSSR count). The quantitative estimate of drug-likeness (QED) is 0.509. The summed E-state index contributed by atoms with van der Waals surface area (Å²) < 4.78 is 0. The van der Waals surface area contributed by atoms with Crippen molar-refractivity contribution in [1.82, 2.24) is 10.2 Å². The molecule has 9 heavy (non-hydrogen) atoms. The van der Waals surface area contributed by atoms with E-state index in [2.05, 4.69) is 5.32 Å². The molecule has 52 valence electrons. The van der Waals surface area contributed by atoms with E-state index in [1.54, 1.807) is 6.92 Å². The van der Waals surface area contributed by atoms with Crippen LogP contribution < -0.4 is 5.32 Å². The Hall–Kier alpha value is -0.700. The van der Waals surface area contributed by atoms with Gasteiger partial charge in [0, 0.05) is 19.4 Å². The van der Waals surface area contributed by atoms with Crippen molar-refractivity contribution < 1.29 is 5.11 Å². The number of hydrogen-bond donors (Lipinski definition) is 2. The molecule has 0 aromatic heterocycles. The minimum atomic E-state index is -0.329.